The minimum absolute atomic E-state index is 0.0421. The predicted molar refractivity (Wildman–Crippen MR) is 312 cm³/mol. The van der Waals surface area contributed by atoms with Gasteiger partial charge in [0.2, 0.25) is 60.1 Å². The number of benzene rings is 7. The second-order valence-electron chi connectivity index (χ2n) is 19.7. The fourth-order valence-electron chi connectivity index (χ4n) is 8.47. The largest absolute Gasteiger partial charge is 0.243 e. The molecule has 0 saturated carbocycles. The van der Waals surface area contributed by atoms with Crippen molar-refractivity contribution in [2.24, 2.45) is 0 Å². The van der Waals surface area contributed by atoms with Crippen molar-refractivity contribution in [3.05, 3.63) is 214 Å². The molecule has 432 valence electrons. The molecule has 24 heteroatoms. The van der Waals surface area contributed by atoms with Crippen LogP contribution in [0.15, 0.2) is 193 Å². The van der Waals surface area contributed by atoms with Crippen molar-refractivity contribution in [1.82, 2.24) is 27.1 Å². The van der Waals surface area contributed by atoms with E-state index in [2.05, 4.69) is 14.2 Å². The highest BCUT2D eigenvalue weighted by atomic mass is 32.2. The Labute approximate surface area is 478 Å². The zero-order chi connectivity index (χ0) is 59.0. The van der Waals surface area contributed by atoms with Gasteiger partial charge >= 0.3 is 0 Å². The maximum absolute atomic E-state index is 14.8. The Morgan fingerprint density at radius 2 is 0.444 bits per heavy atom. The summed E-state index contributed by atoms with van der Waals surface area (Å²) in [6, 6.07) is 41.1. The average molecular weight is 1220 g/mol. The van der Waals surface area contributed by atoms with Gasteiger partial charge in [-0.2, -0.15) is 12.9 Å². The molecule has 18 nitrogen and oxygen atoms in total. The van der Waals surface area contributed by atoms with Crippen molar-refractivity contribution < 1.29 is 50.5 Å². The van der Waals surface area contributed by atoms with Crippen LogP contribution in [0.2, 0.25) is 0 Å². The summed E-state index contributed by atoms with van der Waals surface area (Å²) in [6.07, 6.45) is 0. The first-order chi connectivity index (χ1) is 38.0. The van der Waals surface area contributed by atoms with Crippen molar-refractivity contribution in [2.45, 2.75) is 90.5 Å². The van der Waals surface area contributed by atoms with E-state index in [1.165, 1.54) is 72.8 Å². The Kier molecular flexibility index (Phi) is 20.1. The Hall–Kier alpha value is -6.00. The minimum Gasteiger partial charge on any atom is -0.210 e. The first-order valence-corrected chi connectivity index (χ1v) is 34.3. The van der Waals surface area contributed by atoms with Gasteiger partial charge in [0.15, 0.2) is 0 Å². The molecule has 0 atom stereocenters. The lowest BCUT2D eigenvalue weighted by atomic mass is 10.0. The molecule has 0 radical (unpaired) electrons. The van der Waals surface area contributed by atoms with Crippen LogP contribution in [0.3, 0.4) is 0 Å². The van der Waals surface area contributed by atoms with Gasteiger partial charge in [0.05, 0.1) is 29.4 Å². The van der Waals surface area contributed by atoms with Gasteiger partial charge in [0.25, 0.3) is 0 Å². The van der Waals surface area contributed by atoms with Gasteiger partial charge < -0.3 is 0 Å². The Bertz CT molecular complexity index is 3590. The molecule has 3 N–H and O–H groups in total. The van der Waals surface area contributed by atoms with Crippen molar-refractivity contribution >= 4 is 60.1 Å². The Morgan fingerprint density at radius 3 is 0.630 bits per heavy atom. The van der Waals surface area contributed by atoms with Gasteiger partial charge in [-0.1, -0.05) is 124 Å². The summed E-state index contributed by atoms with van der Waals surface area (Å²) < 4.78 is 180. The number of rotatable bonds is 27. The van der Waals surface area contributed by atoms with E-state index in [0.717, 1.165) is 46.3 Å². The maximum atomic E-state index is 14.8. The molecule has 0 aliphatic rings. The van der Waals surface area contributed by atoms with Gasteiger partial charge in [0.1, 0.15) is 0 Å². The quantitative estimate of drug-likeness (QED) is 0.0469. The van der Waals surface area contributed by atoms with Crippen LogP contribution in [0.25, 0.3) is 0 Å². The molecule has 0 heterocycles. The molecule has 0 spiro atoms. The van der Waals surface area contributed by atoms with Gasteiger partial charge in [-0.25, -0.2) is 64.7 Å². The van der Waals surface area contributed by atoms with E-state index in [9.17, 15) is 50.5 Å². The van der Waals surface area contributed by atoms with E-state index in [4.69, 9.17) is 0 Å². The fourth-order valence-corrected chi connectivity index (χ4v) is 15.8. The normalized spacial score (nSPS) is 12.9. The SMILES string of the molecule is Cc1ccc(S(=O)(=O)NCCN(Cc2cc(CN(CCNS(=O)(=O)c3ccc(C)cc3)S(=O)(=O)c3ccc(C)cc3)cc(CN(CCNS(=O)(=O)c3ccc(C)cc3)S(=O)(=O)c3ccc(C)cc3)c2)S(=O)(=O)c2ccc(C)cc2)cc1. The summed E-state index contributed by atoms with van der Waals surface area (Å²) >= 11 is 0. The molecular weight excluding hydrogens is 1150 g/mol. The zero-order valence-corrected chi connectivity index (χ0v) is 50.5. The van der Waals surface area contributed by atoms with Gasteiger partial charge in [-0.3, -0.25) is 0 Å². The van der Waals surface area contributed by atoms with Crippen LogP contribution in [0.1, 0.15) is 50.1 Å². The number of nitrogens with one attached hydrogen (secondary N) is 3. The van der Waals surface area contributed by atoms with Crippen molar-refractivity contribution in [3.8, 4) is 0 Å². The first kappa shape index (κ1) is 62.6. The number of sulfonamides is 6. The lowest BCUT2D eigenvalue weighted by Gasteiger charge is -2.26. The number of aryl methyl sites for hydroxylation is 6. The second kappa shape index (κ2) is 26.1. The van der Waals surface area contributed by atoms with Crippen LogP contribution in [0, 0.1) is 41.5 Å². The smallest absolute Gasteiger partial charge is 0.210 e. The molecule has 81 heavy (non-hydrogen) atoms. The molecule has 0 amide bonds. The van der Waals surface area contributed by atoms with Gasteiger partial charge in [0, 0.05) is 58.9 Å². The van der Waals surface area contributed by atoms with Crippen LogP contribution in [-0.2, 0) is 79.8 Å². The van der Waals surface area contributed by atoms with Crippen molar-refractivity contribution in [1.29, 1.82) is 0 Å². The zero-order valence-electron chi connectivity index (χ0n) is 45.6. The molecule has 0 aliphatic heterocycles. The third-order valence-electron chi connectivity index (χ3n) is 13.1. The molecule has 7 aromatic rings. The Morgan fingerprint density at radius 1 is 0.272 bits per heavy atom. The fraction of sp³-hybridized carbons (Fsp3) is 0.263. The molecule has 0 unspecified atom stereocenters. The lowest BCUT2D eigenvalue weighted by Crippen LogP contribution is -2.39. The lowest BCUT2D eigenvalue weighted by molar-refractivity contribution is 0.399. The molecule has 7 rings (SSSR count). The molecule has 0 fully saturated rings. The highest BCUT2D eigenvalue weighted by molar-refractivity contribution is 7.90. The van der Waals surface area contributed by atoms with E-state index in [0.29, 0.717) is 0 Å². The molecule has 0 saturated heterocycles. The predicted octanol–water partition coefficient (Wildman–Crippen LogP) is 7.05. The standard InChI is InChI=1S/C57H66N6O12S6/c1-43-7-19-52(20-8-43)76(64,65)58-31-34-61(79(70,71)55-25-13-46(4)14-26-55)40-49-37-50(41-62(80(72,73)56-27-15-47(5)16-28-56)35-32-59-77(66,67)53-21-9-44(2)10-22-53)39-51(38-49)42-63(81(74,75)57-29-17-48(6)18-30-57)36-33-60-78(68,69)54-23-11-45(3)12-24-54/h7-30,37-39,58-60H,31-36,40-42H2,1-6H3. The Balaban J connectivity index is 1.33. The maximum Gasteiger partial charge on any atom is 0.243 e. The third kappa shape index (κ3) is 16.4. The molecule has 0 aliphatic carbocycles. The number of hydrogen-bond donors (Lipinski definition) is 3. The summed E-state index contributed by atoms with van der Waals surface area (Å²) in [5, 5.41) is 0. The van der Waals surface area contributed by atoms with Gasteiger partial charge in [-0.05, 0) is 131 Å². The average Bonchev–Trinajstić information content (AvgIpc) is 3.43. The van der Waals surface area contributed by atoms with E-state index >= 15 is 0 Å². The van der Waals surface area contributed by atoms with Crippen LogP contribution < -0.4 is 14.2 Å². The summed E-state index contributed by atoms with van der Waals surface area (Å²) in [7, 11) is -25.7. The van der Waals surface area contributed by atoms with E-state index < -0.39 is 119 Å². The van der Waals surface area contributed by atoms with Gasteiger partial charge in [-0.15, -0.1) is 0 Å². The van der Waals surface area contributed by atoms with E-state index in [-0.39, 0.29) is 46.1 Å². The van der Waals surface area contributed by atoms with Crippen LogP contribution >= 0.6 is 0 Å². The van der Waals surface area contributed by atoms with E-state index in [1.54, 1.807) is 133 Å². The van der Waals surface area contributed by atoms with Crippen LogP contribution in [-0.4, -0.2) is 103 Å². The summed E-state index contributed by atoms with van der Waals surface area (Å²) in [5.74, 6) is 0. The summed E-state index contributed by atoms with van der Waals surface area (Å²) in [4.78, 5) is -0.466. The van der Waals surface area contributed by atoms with Crippen molar-refractivity contribution in [3.63, 3.8) is 0 Å². The third-order valence-corrected chi connectivity index (χ3v) is 23.1. The highest BCUT2D eigenvalue weighted by Crippen LogP contribution is 2.27. The summed E-state index contributed by atoms with van der Waals surface area (Å²) in [5.41, 5.74) is 5.44. The van der Waals surface area contributed by atoms with Crippen molar-refractivity contribution in [2.75, 3.05) is 39.3 Å². The van der Waals surface area contributed by atoms with Crippen LogP contribution in [0.4, 0.5) is 0 Å². The molecular formula is C57H66N6O12S6. The molecule has 0 aromatic heterocycles. The monoisotopic (exact) mass is 1220 g/mol. The topological polar surface area (TPSA) is 251 Å². The highest BCUT2D eigenvalue weighted by Gasteiger charge is 2.31. The number of nitrogens with zero attached hydrogens (tertiary/aromatic N) is 3. The van der Waals surface area contributed by atoms with E-state index in [1.807, 2.05) is 0 Å². The first-order valence-electron chi connectivity index (χ1n) is 25.6. The molecule has 7 aromatic carbocycles. The number of hydrogen-bond acceptors (Lipinski definition) is 12. The summed E-state index contributed by atoms with van der Waals surface area (Å²) in [6.45, 7) is 6.97. The molecule has 0 bridgehead atoms. The van der Waals surface area contributed by atoms with Crippen LogP contribution in [0.5, 0.6) is 0 Å². The minimum atomic E-state index is -4.45. The second-order valence-corrected chi connectivity index (χ2v) is 30.9.